The van der Waals surface area contributed by atoms with E-state index in [4.69, 9.17) is 0 Å². The Kier molecular flexibility index (Phi) is 5.90. The first-order valence-corrected chi connectivity index (χ1v) is 8.80. The molecule has 1 saturated heterocycles. The van der Waals surface area contributed by atoms with Crippen molar-refractivity contribution in [1.82, 2.24) is 10.3 Å². The van der Waals surface area contributed by atoms with Gasteiger partial charge in [0.05, 0.1) is 18.3 Å². The van der Waals surface area contributed by atoms with Gasteiger partial charge in [-0.15, -0.1) is 13.2 Å². The number of anilines is 1. The Morgan fingerprint density at radius 2 is 2.03 bits per heavy atom. The minimum Gasteiger partial charge on any atom is -0.403 e. The summed E-state index contributed by atoms with van der Waals surface area (Å²) in [5.41, 5.74) is 1.21. The molecule has 5 nitrogen and oxygen atoms in total. The molecular formula is C19H18F5N3O2. The maximum Gasteiger partial charge on any atom is 0.573 e. The van der Waals surface area contributed by atoms with Crippen molar-refractivity contribution in [3.05, 3.63) is 42.3 Å². The third kappa shape index (κ3) is 5.33. The first kappa shape index (κ1) is 20.8. The highest BCUT2D eigenvalue weighted by Crippen LogP contribution is 2.31. The molecule has 0 spiro atoms. The molecule has 1 amide bonds. The van der Waals surface area contributed by atoms with Crippen LogP contribution in [0.3, 0.4) is 0 Å². The number of alkyl halides is 4. The van der Waals surface area contributed by atoms with Gasteiger partial charge < -0.3 is 15.0 Å². The van der Waals surface area contributed by atoms with E-state index in [0.29, 0.717) is 24.3 Å². The van der Waals surface area contributed by atoms with Crippen LogP contribution >= 0.6 is 0 Å². The van der Waals surface area contributed by atoms with Gasteiger partial charge in [0.15, 0.2) is 11.6 Å². The number of hydrogen-bond donors (Lipinski definition) is 1. The van der Waals surface area contributed by atoms with Crippen LogP contribution in [0.2, 0.25) is 0 Å². The number of piperidine rings is 1. The summed E-state index contributed by atoms with van der Waals surface area (Å²) in [6.45, 7) is 1.88. The summed E-state index contributed by atoms with van der Waals surface area (Å²) < 4.78 is 68.8. The van der Waals surface area contributed by atoms with E-state index in [1.54, 1.807) is 17.0 Å². The zero-order valence-electron chi connectivity index (χ0n) is 15.3. The molecule has 2 heterocycles. The van der Waals surface area contributed by atoms with Gasteiger partial charge in [-0.25, -0.2) is 8.78 Å². The fraction of sp³-hybridized carbons (Fsp3) is 0.368. The monoisotopic (exact) mass is 415 g/mol. The Morgan fingerprint density at radius 3 is 2.66 bits per heavy atom. The summed E-state index contributed by atoms with van der Waals surface area (Å²) in [6.07, 6.45) is -4.39. The summed E-state index contributed by atoms with van der Waals surface area (Å²) in [5, 5.41) is 2.58. The average molecular weight is 415 g/mol. The second-order valence-corrected chi connectivity index (χ2v) is 6.65. The molecule has 1 aliphatic rings. The van der Waals surface area contributed by atoms with Gasteiger partial charge in [0, 0.05) is 30.9 Å². The molecule has 1 aromatic heterocycles. The zero-order valence-corrected chi connectivity index (χ0v) is 15.3. The standard InChI is InChI=1S/C19H18F5N3O2/c1-11(28)26-16-5-7-27(10-15(16)21)13-4-6-25-17(9-13)12-2-3-18(14(20)8-12)29-19(22,23)24/h2-4,6,8-9,15-16H,5,7,10H2,1H3,(H,26,28)/t15-,16+/m0/s1. The first-order chi connectivity index (χ1) is 13.6. The van der Waals surface area contributed by atoms with Crippen molar-refractivity contribution < 1.29 is 31.5 Å². The Morgan fingerprint density at radius 1 is 1.28 bits per heavy atom. The van der Waals surface area contributed by atoms with Gasteiger partial charge in [0.25, 0.3) is 0 Å². The average Bonchev–Trinajstić information content (AvgIpc) is 2.64. The van der Waals surface area contributed by atoms with E-state index >= 15 is 0 Å². The van der Waals surface area contributed by atoms with Crippen LogP contribution in [0.5, 0.6) is 5.75 Å². The highest BCUT2D eigenvalue weighted by Gasteiger charge is 2.32. The lowest BCUT2D eigenvalue weighted by atomic mass is 10.0. The van der Waals surface area contributed by atoms with Gasteiger partial charge in [-0.1, -0.05) is 0 Å². The van der Waals surface area contributed by atoms with Gasteiger partial charge in [-0.05, 0) is 36.8 Å². The molecule has 156 valence electrons. The number of amides is 1. The summed E-state index contributed by atoms with van der Waals surface area (Å²) in [4.78, 5) is 17.0. The number of halogens is 5. The molecular weight excluding hydrogens is 397 g/mol. The molecule has 1 aromatic carbocycles. The number of carbonyl (C=O) groups excluding carboxylic acids is 1. The minimum absolute atomic E-state index is 0.0567. The van der Waals surface area contributed by atoms with E-state index in [9.17, 15) is 26.7 Å². The quantitative estimate of drug-likeness (QED) is 0.772. The van der Waals surface area contributed by atoms with E-state index < -0.39 is 30.1 Å². The Balaban J connectivity index is 1.77. The number of aromatic nitrogens is 1. The lowest BCUT2D eigenvalue weighted by molar-refractivity contribution is -0.275. The van der Waals surface area contributed by atoms with Crippen LogP contribution in [0.25, 0.3) is 11.3 Å². The first-order valence-electron chi connectivity index (χ1n) is 8.80. The molecule has 0 aliphatic carbocycles. The van der Waals surface area contributed by atoms with E-state index in [0.717, 1.165) is 12.1 Å². The summed E-state index contributed by atoms with van der Waals surface area (Å²) in [5.74, 6) is -2.40. The second kappa shape index (κ2) is 8.22. The van der Waals surface area contributed by atoms with Crippen LogP contribution < -0.4 is 15.0 Å². The molecule has 0 bridgehead atoms. The van der Waals surface area contributed by atoms with Crippen molar-refractivity contribution >= 4 is 11.6 Å². The molecule has 29 heavy (non-hydrogen) atoms. The van der Waals surface area contributed by atoms with E-state index in [1.807, 2.05) is 0 Å². The van der Waals surface area contributed by atoms with Crippen molar-refractivity contribution in [2.24, 2.45) is 0 Å². The number of benzene rings is 1. The molecule has 0 radical (unpaired) electrons. The molecule has 2 atom stereocenters. The predicted molar refractivity (Wildman–Crippen MR) is 95.6 cm³/mol. The number of hydrogen-bond acceptors (Lipinski definition) is 4. The fourth-order valence-corrected chi connectivity index (χ4v) is 3.20. The van der Waals surface area contributed by atoms with E-state index in [-0.39, 0.29) is 18.0 Å². The van der Waals surface area contributed by atoms with Gasteiger partial charge in [-0.3, -0.25) is 9.78 Å². The summed E-state index contributed by atoms with van der Waals surface area (Å²) in [6, 6.07) is 5.74. The van der Waals surface area contributed by atoms with Crippen LogP contribution in [-0.2, 0) is 4.79 Å². The second-order valence-electron chi connectivity index (χ2n) is 6.65. The molecule has 1 aliphatic heterocycles. The Hall–Kier alpha value is -2.91. The van der Waals surface area contributed by atoms with Gasteiger partial charge in [-0.2, -0.15) is 0 Å². The number of carbonyl (C=O) groups is 1. The van der Waals surface area contributed by atoms with Crippen LogP contribution in [0.1, 0.15) is 13.3 Å². The topological polar surface area (TPSA) is 54.5 Å². The predicted octanol–water partition coefficient (Wildman–Crippen LogP) is 3.84. The van der Waals surface area contributed by atoms with E-state index in [2.05, 4.69) is 15.0 Å². The number of rotatable bonds is 4. The number of nitrogens with zero attached hydrogens (tertiary/aromatic N) is 2. The highest BCUT2D eigenvalue weighted by atomic mass is 19.4. The van der Waals surface area contributed by atoms with Crippen molar-refractivity contribution in [3.8, 4) is 17.0 Å². The third-order valence-corrected chi connectivity index (χ3v) is 4.49. The van der Waals surface area contributed by atoms with Crippen LogP contribution in [0.15, 0.2) is 36.5 Å². The fourth-order valence-electron chi connectivity index (χ4n) is 3.20. The van der Waals surface area contributed by atoms with Gasteiger partial charge >= 0.3 is 6.36 Å². The Labute approximate surface area is 163 Å². The van der Waals surface area contributed by atoms with Crippen molar-refractivity contribution in [2.45, 2.75) is 31.9 Å². The lowest BCUT2D eigenvalue weighted by Gasteiger charge is -2.36. The van der Waals surface area contributed by atoms with Gasteiger partial charge in [0.1, 0.15) is 6.17 Å². The normalized spacial score (nSPS) is 19.7. The molecule has 1 fully saturated rings. The van der Waals surface area contributed by atoms with Crippen molar-refractivity contribution in [2.75, 3.05) is 18.0 Å². The molecule has 0 unspecified atom stereocenters. The largest absolute Gasteiger partial charge is 0.573 e. The number of pyridine rings is 1. The molecule has 1 N–H and O–H groups in total. The zero-order chi connectivity index (χ0) is 21.2. The molecule has 3 rings (SSSR count). The lowest BCUT2D eigenvalue weighted by Crippen LogP contribution is -2.52. The summed E-state index contributed by atoms with van der Waals surface area (Å²) in [7, 11) is 0. The minimum atomic E-state index is -4.99. The van der Waals surface area contributed by atoms with Crippen molar-refractivity contribution in [3.63, 3.8) is 0 Å². The van der Waals surface area contributed by atoms with Crippen LogP contribution in [-0.4, -0.2) is 42.6 Å². The highest BCUT2D eigenvalue weighted by molar-refractivity contribution is 5.73. The van der Waals surface area contributed by atoms with Crippen LogP contribution in [0, 0.1) is 5.82 Å². The molecule has 2 aromatic rings. The third-order valence-electron chi connectivity index (χ3n) is 4.49. The van der Waals surface area contributed by atoms with Gasteiger partial charge in [0.2, 0.25) is 5.91 Å². The maximum atomic E-state index is 14.4. The van der Waals surface area contributed by atoms with Crippen LogP contribution in [0.4, 0.5) is 27.6 Å². The van der Waals surface area contributed by atoms with Crippen molar-refractivity contribution in [1.29, 1.82) is 0 Å². The molecule has 0 saturated carbocycles. The smallest absolute Gasteiger partial charge is 0.403 e. The SMILES string of the molecule is CC(=O)N[C@@H]1CCN(c2ccnc(-c3ccc(OC(F)(F)F)c(F)c3)c2)C[C@@H]1F. The van der Waals surface area contributed by atoms with E-state index in [1.165, 1.54) is 19.2 Å². The molecule has 10 heteroatoms. The summed E-state index contributed by atoms with van der Waals surface area (Å²) >= 11 is 0. The maximum absolute atomic E-state index is 14.4. The Bertz CT molecular complexity index is 890. The number of nitrogens with one attached hydrogen (secondary N) is 1. The number of ether oxygens (including phenoxy) is 1.